The average Bonchev–Trinajstić information content (AvgIpc) is 2.57. The molecule has 4 nitrogen and oxygen atoms in total. The van der Waals surface area contributed by atoms with Crippen molar-refractivity contribution < 1.29 is 9.50 Å². The number of benzene rings is 1. The number of rotatable bonds is 5. The normalized spacial score (nSPS) is 21.8. The Morgan fingerprint density at radius 3 is 2.83 bits per heavy atom. The number of nitrogens with zero attached hydrogens (tertiary/aromatic N) is 2. The van der Waals surface area contributed by atoms with Crippen molar-refractivity contribution in [2.75, 3.05) is 13.6 Å². The Bertz CT molecular complexity index is 662. The van der Waals surface area contributed by atoms with Gasteiger partial charge < -0.3 is 10.4 Å². The fourth-order valence-corrected chi connectivity index (χ4v) is 3.09. The van der Waals surface area contributed by atoms with Gasteiger partial charge in [0.05, 0.1) is 5.69 Å². The lowest BCUT2D eigenvalue weighted by molar-refractivity contribution is -0.0166. The second-order valence-corrected chi connectivity index (χ2v) is 6.54. The largest absolute Gasteiger partial charge is 0.378 e. The predicted octanol–water partition coefficient (Wildman–Crippen LogP) is 2.31. The van der Waals surface area contributed by atoms with Gasteiger partial charge in [-0.2, -0.15) is 0 Å². The van der Waals surface area contributed by atoms with E-state index < -0.39 is 0 Å². The number of hydrogen-bond donors (Lipinski definition) is 2. The van der Waals surface area contributed by atoms with Gasteiger partial charge in [0.1, 0.15) is 12.0 Å². The van der Waals surface area contributed by atoms with Gasteiger partial charge in [-0.05, 0) is 55.6 Å². The minimum atomic E-state index is -0.316. The van der Waals surface area contributed by atoms with Gasteiger partial charge >= 0.3 is 0 Å². The molecular formula is C19H24FN3O. The second-order valence-electron chi connectivity index (χ2n) is 6.54. The predicted molar refractivity (Wildman–Crippen MR) is 91.9 cm³/mol. The topological polar surface area (TPSA) is 48.4 Å². The summed E-state index contributed by atoms with van der Waals surface area (Å²) in [7, 11) is 1.94. The van der Waals surface area contributed by atoms with Crippen LogP contribution < -0.4 is 5.32 Å². The lowest BCUT2D eigenvalue weighted by Gasteiger charge is -2.34. The minimum Gasteiger partial charge on any atom is -0.378 e. The number of likely N-dealkylation sites (N-methyl/N-ethyl adjacent to an activating group) is 1. The highest BCUT2D eigenvalue weighted by atomic mass is 19.1. The maximum absolute atomic E-state index is 13.2. The van der Waals surface area contributed by atoms with E-state index in [1.807, 2.05) is 36.3 Å². The summed E-state index contributed by atoms with van der Waals surface area (Å²) in [5, 5.41) is 13.2. The molecule has 2 atom stereocenters. The number of halogens is 1. The molecule has 2 heterocycles. The van der Waals surface area contributed by atoms with Crippen LogP contribution in [-0.2, 0) is 13.0 Å². The molecule has 3 rings (SSSR count). The minimum absolute atomic E-state index is 0.205. The fourth-order valence-electron chi connectivity index (χ4n) is 3.09. The lowest BCUT2D eigenvalue weighted by atomic mass is 10.0. The molecule has 0 amide bonds. The Hall–Kier alpha value is -1.82. The third kappa shape index (κ3) is 4.60. The van der Waals surface area contributed by atoms with Crippen LogP contribution in [0, 0.1) is 5.82 Å². The zero-order valence-electron chi connectivity index (χ0n) is 14.0. The summed E-state index contributed by atoms with van der Waals surface area (Å²) >= 11 is 0. The first-order valence-electron chi connectivity index (χ1n) is 8.40. The quantitative estimate of drug-likeness (QED) is 0.884. The number of aliphatic hydroxyl groups is 1. The third-order valence-corrected chi connectivity index (χ3v) is 4.55. The number of aromatic nitrogens is 1. The summed E-state index contributed by atoms with van der Waals surface area (Å²) in [5.41, 5.74) is 3.02. The summed E-state index contributed by atoms with van der Waals surface area (Å²) in [6.45, 7) is 1.56. The van der Waals surface area contributed by atoms with Crippen molar-refractivity contribution in [3.05, 3.63) is 65.2 Å². The molecule has 2 aromatic rings. The standard InChI is InChI=1S/C19H24FN3O/c1-23-13-18(7-8-19(23)24)22-12-17-6-5-15(11-21-17)9-14-3-2-4-16(20)10-14/h2-6,10-11,18-19,22,24H,7-9,12-13H2,1H3. The van der Waals surface area contributed by atoms with E-state index in [1.54, 1.807) is 12.1 Å². The molecule has 128 valence electrons. The van der Waals surface area contributed by atoms with Crippen molar-refractivity contribution in [3.63, 3.8) is 0 Å². The van der Waals surface area contributed by atoms with Gasteiger partial charge in [-0.3, -0.25) is 9.88 Å². The zero-order chi connectivity index (χ0) is 16.9. The van der Waals surface area contributed by atoms with E-state index >= 15 is 0 Å². The molecule has 24 heavy (non-hydrogen) atoms. The van der Waals surface area contributed by atoms with Gasteiger partial charge in [-0.25, -0.2) is 4.39 Å². The van der Waals surface area contributed by atoms with E-state index in [0.717, 1.165) is 42.8 Å². The molecule has 1 aliphatic rings. The molecule has 2 unspecified atom stereocenters. The first kappa shape index (κ1) is 17.0. The lowest BCUT2D eigenvalue weighted by Crippen LogP contribution is -2.48. The Kier molecular flexibility index (Phi) is 5.56. The highest BCUT2D eigenvalue weighted by Gasteiger charge is 2.23. The van der Waals surface area contributed by atoms with Crippen LogP contribution in [0.25, 0.3) is 0 Å². The van der Waals surface area contributed by atoms with Crippen LogP contribution in [0.15, 0.2) is 42.6 Å². The van der Waals surface area contributed by atoms with E-state index in [2.05, 4.69) is 10.3 Å². The molecule has 0 aliphatic carbocycles. The Morgan fingerprint density at radius 2 is 2.12 bits per heavy atom. The second kappa shape index (κ2) is 7.83. The van der Waals surface area contributed by atoms with E-state index in [9.17, 15) is 9.50 Å². The van der Waals surface area contributed by atoms with Crippen LogP contribution in [0.5, 0.6) is 0 Å². The van der Waals surface area contributed by atoms with Crippen LogP contribution in [0.4, 0.5) is 4.39 Å². The van der Waals surface area contributed by atoms with E-state index in [4.69, 9.17) is 0 Å². The van der Waals surface area contributed by atoms with Crippen LogP contribution in [-0.4, -0.2) is 40.9 Å². The smallest absolute Gasteiger partial charge is 0.123 e. The summed E-state index contributed by atoms with van der Waals surface area (Å²) in [6, 6.07) is 11.1. The van der Waals surface area contributed by atoms with Crippen molar-refractivity contribution in [1.29, 1.82) is 0 Å². The van der Waals surface area contributed by atoms with Crippen LogP contribution in [0.2, 0.25) is 0 Å². The average molecular weight is 329 g/mol. The molecule has 0 spiro atoms. The number of hydrogen-bond acceptors (Lipinski definition) is 4. The molecule has 1 fully saturated rings. The highest BCUT2D eigenvalue weighted by molar-refractivity contribution is 5.25. The van der Waals surface area contributed by atoms with Gasteiger partial charge in [0.25, 0.3) is 0 Å². The molecular weight excluding hydrogens is 305 g/mol. The zero-order valence-corrected chi connectivity index (χ0v) is 14.0. The van der Waals surface area contributed by atoms with Crippen LogP contribution in [0.3, 0.4) is 0 Å². The SMILES string of the molecule is CN1CC(NCc2ccc(Cc3cccc(F)c3)cn2)CCC1O. The van der Waals surface area contributed by atoms with Crippen molar-refractivity contribution in [3.8, 4) is 0 Å². The number of nitrogens with one attached hydrogen (secondary N) is 1. The van der Waals surface area contributed by atoms with Crippen molar-refractivity contribution in [2.24, 2.45) is 0 Å². The number of likely N-dealkylation sites (tertiary alicyclic amines) is 1. The van der Waals surface area contributed by atoms with Gasteiger partial charge in [0.2, 0.25) is 0 Å². The van der Waals surface area contributed by atoms with Gasteiger partial charge in [-0.1, -0.05) is 18.2 Å². The monoisotopic (exact) mass is 329 g/mol. The van der Waals surface area contributed by atoms with Crippen LogP contribution >= 0.6 is 0 Å². The molecule has 1 aliphatic heterocycles. The Labute approximate surface area is 142 Å². The van der Waals surface area contributed by atoms with E-state index in [-0.39, 0.29) is 12.0 Å². The van der Waals surface area contributed by atoms with Crippen molar-refractivity contribution in [1.82, 2.24) is 15.2 Å². The fraction of sp³-hybridized carbons (Fsp3) is 0.421. The Morgan fingerprint density at radius 1 is 1.25 bits per heavy atom. The van der Waals surface area contributed by atoms with Gasteiger partial charge in [-0.15, -0.1) is 0 Å². The first-order valence-corrected chi connectivity index (χ1v) is 8.40. The molecule has 5 heteroatoms. The highest BCUT2D eigenvalue weighted by Crippen LogP contribution is 2.14. The molecule has 1 aromatic heterocycles. The van der Waals surface area contributed by atoms with Crippen molar-refractivity contribution >= 4 is 0 Å². The number of aliphatic hydroxyl groups excluding tert-OH is 1. The molecule has 0 bridgehead atoms. The van der Waals surface area contributed by atoms with Gasteiger partial charge in [0, 0.05) is 25.3 Å². The molecule has 0 radical (unpaired) electrons. The summed E-state index contributed by atoms with van der Waals surface area (Å²) < 4.78 is 13.2. The molecule has 0 saturated carbocycles. The number of piperidine rings is 1. The van der Waals surface area contributed by atoms with Gasteiger partial charge in [0.15, 0.2) is 0 Å². The number of pyridine rings is 1. The molecule has 1 aromatic carbocycles. The van der Waals surface area contributed by atoms with Crippen LogP contribution in [0.1, 0.15) is 29.7 Å². The molecule has 2 N–H and O–H groups in total. The summed E-state index contributed by atoms with van der Waals surface area (Å²) in [5.74, 6) is -0.205. The summed E-state index contributed by atoms with van der Waals surface area (Å²) in [4.78, 5) is 6.47. The van der Waals surface area contributed by atoms with E-state index in [1.165, 1.54) is 6.07 Å². The maximum atomic E-state index is 13.2. The third-order valence-electron chi connectivity index (χ3n) is 4.55. The Balaban J connectivity index is 1.51. The van der Waals surface area contributed by atoms with E-state index in [0.29, 0.717) is 12.5 Å². The first-order chi connectivity index (χ1) is 11.6. The molecule has 1 saturated heterocycles. The maximum Gasteiger partial charge on any atom is 0.123 e. The van der Waals surface area contributed by atoms with Crippen molar-refractivity contribution in [2.45, 2.75) is 38.1 Å². The summed E-state index contributed by atoms with van der Waals surface area (Å²) in [6.07, 6.45) is 4.00.